The number of benzene rings is 2. The molecule has 2 aromatic carbocycles. The summed E-state index contributed by atoms with van der Waals surface area (Å²) < 4.78 is 15.7. The Morgan fingerprint density at radius 1 is 0.900 bits per heavy atom. The van der Waals surface area contributed by atoms with Crippen molar-refractivity contribution < 1.29 is 4.57 Å². The average Bonchev–Trinajstić information content (AvgIpc) is 2.95. The van der Waals surface area contributed by atoms with Gasteiger partial charge in [0.05, 0.1) is 0 Å². The monoisotopic (exact) mass is 282 g/mol. The second kappa shape index (κ2) is 5.10. The van der Waals surface area contributed by atoms with E-state index in [1.54, 1.807) is 6.20 Å². The van der Waals surface area contributed by atoms with Crippen LogP contribution in [0.25, 0.3) is 0 Å². The van der Waals surface area contributed by atoms with Crippen LogP contribution in [0.2, 0.25) is 0 Å². The largest absolute Gasteiger partial charge is 0.331 e. The molecule has 100 valence electrons. The van der Waals surface area contributed by atoms with Gasteiger partial charge in [0.1, 0.15) is 0 Å². The second-order valence-electron chi connectivity index (χ2n) is 4.62. The molecule has 20 heavy (non-hydrogen) atoms. The molecule has 0 aliphatic carbocycles. The molecule has 0 aliphatic heterocycles. The van der Waals surface area contributed by atoms with Crippen LogP contribution < -0.4 is 16.2 Å². The van der Waals surface area contributed by atoms with E-state index in [4.69, 9.17) is 0 Å². The molecule has 0 saturated carbocycles. The Morgan fingerprint density at radius 2 is 1.40 bits per heavy atom. The molecule has 3 nitrogen and oxygen atoms in total. The Balaban J connectivity index is 2.30. The molecule has 3 rings (SSSR count). The summed E-state index contributed by atoms with van der Waals surface area (Å²) in [5.74, 6) is 0. The molecule has 0 amide bonds. The summed E-state index contributed by atoms with van der Waals surface area (Å²) in [6.45, 7) is 0. The summed E-state index contributed by atoms with van der Waals surface area (Å²) in [6.07, 6.45) is 3.52. The summed E-state index contributed by atoms with van der Waals surface area (Å²) in [5, 5.41) is 1.61. The number of aromatic nitrogens is 2. The van der Waals surface area contributed by atoms with Crippen LogP contribution in [-0.2, 0) is 11.6 Å². The summed E-state index contributed by atoms with van der Waals surface area (Å²) in [6, 6.07) is 19.1. The predicted molar refractivity (Wildman–Crippen MR) is 82.6 cm³/mol. The Kier molecular flexibility index (Phi) is 3.29. The molecule has 0 fully saturated rings. The van der Waals surface area contributed by atoms with Crippen molar-refractivity contribution in [3.63, 3.8) is 0 Å². The normalized spacial score (nSPS) is 11.4. The smallest absolute Gasteiger partial charge is 0.204 e. The first-order valence-electron chi connectivity index (χ1n) is 6.42. The average molecular weight is 282 g/mol. The highest BCUT2D eigenvalue weighted by Crippen LogP contribution is 2.41. The minimum Gasteiger partial charge on any atom is -0.331 e. The van der Waals surface area contributed by atoms with Crippen molar-refractivity contribution in [1.29, 1.82) is 0 Å². The van der Waals surface area contributed by atoms with E-state index >= 15 is 0 Å². The Labute approximate surface area is 118 Å². The zero-order valence-corrected chi connectivity index (χ0v) is 12.1. The van der Waals surface area contributed by atoms with Crippen LogP contribution in [-0.4, -0.2) is 9.55 Å². The van der Waals surface area contributed by atoms with Gasteiger partial charge in [-0.05, 0) is 0 Å². The number of hydrogen-bond acceptors (Lipinski definition) is 2. The molecule has 0 radical (unpaired) electrons. The molecule has 0 unspecified atom stereocenters. The summed E-state index contributed by atoms with van der Waals surface area (Å²) in [4.78, 5) is 4.34. The van der Waals surface area contributed by atoms with Gasteiger partial charge in [0.2, 0.25) is 7.14 Å². The highest BCUT2D eigenvalue weighted by Gasteiger charge is 2.33. The highest BCUT2D eigenvalue weighted by atomic mass is 31.2. The van der Waals surface area contributed by atoms with Gasteiger partial charge in [-0.2, -0.15) is 0 Å². The zero-order valence-electron chi connectivity index (χ0n) is 11.2. The molecular weight excluding hydrogens is 267 g/mol. The van der Waals surface area contributed by atoms with Gasteiger partial charge in [-0.15, -0.1) is 0 Å². The SMILES string of the molecule is Cn1ccnc1P(=O)(c1ccccc1)c1ccccc1. The molecule has 1 heterocycles. The Hall–Kier alpha value is -2.12. The standard InChI is InChI=1S/C16H15N2OP/c1-18-13-12-17-16(18)20(19,14-8-4-2-5-9-14)15-10-6-3-7-11-15/h2-13H,1H3. The van der Waals surface area contributed by atoms with Crippen LogP contribution in [0.4, 0.5) is 0 Å². The fourth-order valence-corrected chi connectivity index (χ4v) is 5.00. The second-order valence-corrected chi connectivity index (χ2v) is 7.27. The molecule has 0 spiro atoms. The van der Waals surface area contributed by atoms with Crippen LogP contribution in [0.1, 0.15) is 0 Å². The van der Waals surface area contributed by atoms with E-state index in [1.165, 1.54) is 0 Å². The van der Waals surface area contributed by atoms with Gasteiger partial charge in [0.25, 0.3) is 0 Å². The Morgan fingerprint density at radius 3 is 1.80 bits per heavy atom. The van der Waals surface area contributed by atoms with Gasteiger partial charge in [-0.1, -0.05) is 60.7 Å². The quantitative estimate of drug-likeness (QED) is 0.689. The molecule has 4 heteroatoms. The van der Waals surface area contributed by atoms with E-state index in [-0.39, 0.29) is 0 Å². The van der Waals surface area contributed by atoms with Crippen LogP contribution in [0, 0.1) is 0 Å². The molecule has 3 aromatic rings. The zero-order chi connectivity index (χ0) is 14.0. The van der Waals surface area contributed by atoms with Crippen molar-refractivity contribution in [3.8, 4) is 0 Å². The molecule has 0 aliphatic rings. The number of hydrogen-bond donors (Lipinski definition) is 0. The van der Waals surface area contributed by atoms with E-state index in [2.05, 4.69) is 4.98 Å². The molecule has 0 bridgehead atoms. The first-order valence-corrected chi connectivity index (χ1v) is 8.13. The maximum Gasteiger partial charge on any atom is 0.204 e. The van der Waals surface area contributed by atoms with Crippen molar-refractivity contribution in [1.82, 2.24) is 9.55 Å². The fraction of sp³-hybridized carbons (Fsp3) is 0.0625. The van der Waals surface area contributed by atoms with Crippen molar-refractivity contribution in [2.75, 3.05) is 0 Å². The van der Waals surface area contributed by atoms with E-state index in [9.17, 15) is 4.57 Å². The maximum atomic E-state index is 13.8. The number of nitrogens with zero attached hydrogens (tertiary/aromatic N) is 2. The highest BCUT2D eigenvalue weighted by molar-refractivity contribution is 7.85. The van der Waals surface area contributed by atoms with Crippen LogP contribution in [0.3, 0.4) is 0 Å². The van der Waals surface area contributed by atoms with Gasteiger partial charge in [-0.25, -0.2) is 4.98 Å². The summed E-state index contributed by atoms with van der Waals surface area (Å²) >= 11 is 0. The first kappa shape index (κ1) is 12.9. The molecule has 0 N–H and O–H groups in total. The fourth-order valence-electron chi connectivity index (χ4n) is 2.32. The van der Waals surface area contributed by atoms with Gasteiger partial charge in [0.15, 0.2) is 5.57 Å². The van der Waals surface area contributed by atoms with Gasteiger partial charge in [0, 0.05) is 30.1 Å². The Bertz CT molecular complexity index is 707. The van der Waals surface area contributed by atoms with Crippen molar-refractivity contribution in [3.05, 3.63) is 73.1 Å². The van der Waals surface area contributed by atoms with Gasteiger partial charge in [-0.3, -0.25) is 0 Å². The lowest BCUT2D eigenvalue weighted by Crippen LogP contribution is -2.30. The molecular formula is C16H15N2OP. The van der Waals surface area contributed by atoms with Crippen molar-refractivity contribution >= 4 is 23.3 Å². The van der Waals surface area contributed by atoms with E-state index < -0.39 is 7.14 Å². The molecule has 1 aromatic heterocycles. The topological polar surface area (TPSA) is 34.9 Å². The van der Waals surface area contributed by atoms with Gasteiger partial charge >= 0.3 is 0 Å². The first-order chi connectivity index (χ1) is 9.73. The van der Waals surface area contributed by atoms with E-state index in [1.807, 2.05) is 78.5 Å². The lowest BCUT2D eigenvalue weighted by atomic mass is 10.4. The van der Waals surface area contributed by atoms with Gasteiger partial charge < -0.3 is 9.13 Å². The van der Waals surface area contributed by atoms with E-state index in [0.717, 1.165) is 10.6 Å². The summed E-state index contributed by atoms with van der Waals surface area (Å²) in [5.41, 5.74) is 0.606. The maximum absolute atomic E-state index is 13.8. The third-order valence-electron chi connectivity index (χ3n) is 3.32. The number of imidazole rings is 1. The molecule has 0 atom stereocenters. The van der Waals surface area contributed by atoms with Crippen LogP contribution in [0.15, 0.2) is 73.1 Å². The number of rotatable bonds is 3. The third-order valence-corrected chi connectivity index (χ3v) is 6.36. The minimum atomic E-state index is -2.91. The summed E-state index contributed by atoms with van der Waals surface area (Å²) in [7, 11) is -1.04. The van der Waals surface area contributed by atoms with Crippen LogP contribution in [0.5, 0.6) is 0 Å². The molecule has 0 saturated heterocycles. The van der Waals surface area contributed by atoms with E-state index in [0.29, 0.717) is 5.57 Å². The van der Waals surface area contributed by atoms with Crippen LogP contribution >= 0.6 is 7.14 Å². The minimum absolute atomic E-state index is 0.606. The van der Waals surface area contributed by atoms with Crippen molar-refractivity contribution in [2.45, 2.75) is 0 Å². The van der Waals surface area contributed by atoms with Crippen molar-refractivity contribution in [2.24, 2.45) is 7.05 Å². The predicted octanol–water partition coefficient (Wildman–Crippen LogP) is 2.06. The number of aryl methyl sites for hydroxylation is 1. The third kappa shape index (κ3) is 2.00. The lowest BCUT2D eigenvalue weighted by Gasteiger charge is -2.18. The lowest BCUT2D eigenvalue weighted by molar-refractivity contribution is 0.590.